The summed E-state index contributed by atoms with van der Waals surface area (Å²) in [5.74, 6) is -1.06. The number of likely N-dealkylation sites (N-methyl/N-ethyl adjacent to an activating group) is 1. The number of carbonyl (C=O) groups excluding carboxylic acids is 3. The van der Waals surface area contributed by atoms with E-state index in [-0.39, 0.29) is 35.2 Å². The van der Waals surface area contributed by atoms with Gasteiger partial charge in [0.15, 0.2) is 34.6 Å². The molecule has 1 aliphatic heterocycles. The van der Waals surface area contributed by atoms with E-state index in [4.69, 9.17) is 30.5 Å². The Bertz CT molecular complexity index is 1280. The number of ether oxygens (including phenoxy) is 4. The van der Waals surface area contributed by atoms with Crippen LogP contribution in [0.3, 0.4) is 0 Å². The molecule has 0 spiro atoms. The Kier molecular flexibility index (Phi) is 9.22. The molecule has 1 heterocycles. The molecule has 0 unspecified atom stereocenters. The summed E-state index contributed by atoms with van der Waals surface area (Å²) in [6, 6.07) is 8.52. The van der Waals surface area contributed by atoms with Crippen molar-refractivity contribution in [2.24, 2.45) is 0 Å². The zero-order chi connectivity index (χ0) is 27.2. The lowest BCUT2D eigenvalue weighted by Gasteiger charge is -2.23. The molecule has 0 radical (unpaired) electrons. The third-order valence-corrected chi connectivity index (χ3v) is 7.66. The van der Waals surface area contributed by atoms with Gasteiger partial charge in [0, 0.05) is 18.1 Å². The molecule has 0 aromatic heterocycles. The van der Waals surface area contributed by atoms with Crippen molar-refractivity contribution in [2.45, 2.75) is 12.5 Å². The fourth-order valence-corrected chi connectivity index (χ4v) is 5.56. The zero-order valence-corrected chi connectivity index (χ0v) is 22.1. The standard InChI is InChI=1S/C24H27ClN2O9S/c1-27(17-8-9-37(31,32)14-17)23(29)13-36-24(30)15-4-6-20(21(10-15)34-3)35-12-22(28)26-18-11-16(25)5-7-19(18)33-2/h4-7,10-11,17H,8-9,12-14H2,1-3H3,(H,26,28)/t17-/m1/s1. The smallest absolute Gasteiger partial charge is 0.338 e. The monoisotopic (exact) mass is 554 g/mol. The Labute approximate surface area is 219 Å². The number of amides is 2. The summed E-state index contributed by atoms with van der Waals surface area (Å²) in [5.41, 5.74) is 0.472. The van der Waals surface area contributed by atoms with E-state index in [1.165, 1.54) is 50.4 Å². The maximum absolute atomic E-state index is 12.5. The molecule has 3 rings (SSSR count). The van der Waals surface area contributed by atoms with E-state index in [0.717, 1.165) is 0 Å². The van der Waals surface area contributed by atoms with Gasteiger partial charge in [-0.3, -0.25) is 9.59 Å². The number of sulfone groups is 1. The molecule has 0 bridgehead atoms. The summed E-state index contributed by atoms with van der Waals surface area (Å²) >= 11 is 5.97. The van der Waals surface area contributed by atoms with Crippen molar-refractivity contribution >= 4 is 44.9 Å². The largest absolute Gasteiger partial charge is 0.495 e. The number of anilines is 1. The number of carbonyl (C=O) groups is 3. The fourth-order valence-electron chi connectivity index (χ4n) is 3.62. The van der Waals surface area contributed by atoms with E-state index in [1.54, 1.807) is 12.1 Å². The van der Waals surface area contributed by atoms with Crippen LogP contribution in [0.15, 0.2) is 36.4 Å². The summed E-state index contributed by atoms with van der Waals surface area (Å²) in [6.45, 7) is -0.910. The van der Waals surface area contributed by atoms with Gasteiger partial charge in [-0.1, -0.05) is 11.6 Å². The molecule has 0 saturated carbocycles. The van der Waals surface area contributed by atoms with Gasteiger partial charge in [0.05, 0.1) is 37.0 Å². The van der Waals surface area contributed by atoms with Crippen LogP contribution in [0, 0.1) is 0 Å². The third-order valence-electron chi connectivity index (χ3n) is 5.67. The summed E-state index contributed by atoms with van der Waals surface area (Å²) in [4.78, 5) is 38.5. The van der Waals surface area contributed by atoms with Crippen LogP contribution in [0.25, 0.3) is 0 Å². The van der Waals surface area contributed by atoms with Gasteiger partial charge in [-0.25, -0.2) is 13.2 Å². The number of hydrogen-bond acceptors (Lipinski definition) is 9. The number of benzene rings is 2. The van der Waals surface area contributed by atoms with Gasteiger partial charge in [0.1, 0.15) is 5.75 Å². The van der Waals surface area contributed by atoms with Crippen LogP contribution in [0.4, 0.5) is 5.69 Å². The van der Waals surface area contributed by atoms with Crippen LogP contribution >= 0.6 is 11.6 Å². The van der Waals surface area contributed by atoms with E-state index in [1.807, 2.05) is 0 Å². The molecule has 200 valence electrons. The predicted molar refractivity (Wildman–Crippen MR) is 135 cm³/mol. The number of rotatable bonds is 10. The highest BCUT2D eigenvalue weighted by Crippen LogP contribution is 2.30. The van der Waals surface area contributed by atoms with Gasteiger partial charge in [0.2, 0.25) is 0 Å². The lowest BCUT2D eigenvalue weighted by molar-refractivity contribution is -0.134. The van der Waals surface area contributed by atoms with Crippen LogP contribution in [0.1, 0.15) is 16.8 Å². The Hall–Kier alpha value is -3.51. The Morgan fingerprint density at radius 1 is 1.03 bits per heavy atom. The number of nitrogens with zero attached hydrogens (tertiary/aromatic N) is 1. The van der Waals surface area contributed by atoms with Gasteiger partial charge in [-0.2, -0.15) is 0 Å². The molecule has 1 N–H and O–H groups in total. The summed E-state index contributed by atoms with van der Waals surface area (Å²) in [5, 5.41) is 3.06. The molecule has 1 fully saturated rings. The van der Waals surface area contributed by atoms with Crippen LogP contribution in [0.2, 0.25) is 5.02 Å². The Balaban J connectivity index is 1.55. The Morgan fingerprint density at radius 2 is 1.73 bits per heavy atom. The van der Waals surface area contributed by atoms with Crippen LogP contribution < -0.4 is 19.5 Å². The minimum Gasteiger partial charge on any atom is -0.495 e. The maximum atomic E-state index is 12.5. The quantitative estimate of drug-likeness (QED) is 0.438. The molecule has 1 saturated heterocycles. The van der Waals surface area contributed by atoms with Gasteiger partial charge in [0.25, 0.3) is 11.8 Å². The summed E-state index contributed by atoms with van der Waals surface area (Å²) < 4.78 is 44.3. The minimum absolute atomic E-state index is 0.0275. The van der Waals surface area contributed by atoms with E-state index in [2.05, 4.69) is 5.32 Å². The first-order valence-corrected chi connectivity index (χ1v) is 13.3. The Morgan fingerprint density at radius 3 is 2.38 bits per heavy atom. The molecular formula is C24H27ClN2O9S. The average Bonchev–Trinajstić information content (AvgIpc) is 3.24. The van der Waals surface area contributed by atoms with Crippen molar-refractivity contribution in [1.29, 1.82) is 0 Å². The fraction of sp³-hybridized carbons (Fsp3) is 0.375. The molecule has 2 aromatic rings. The lowest BCUT2D eigenvalue weighted by Crippen LogP contribution is -2.40. The highest BCUT2D eigenvalue weighted by molar-refractivity contribution is 7.91. The summed E-state index contributed by atoms with van der Waals surface area (Å²) in [7, 11) is 1.15. The van der Waals surface area contributed by atoms with Gasteiger partial charge >= 0.3 is 5.97 Å². The molecule has 2 aromatic carbocycles. The van der Waals surface area contributed by atoms with E-state index >= 15 is 0 Å². The normalized spacial score (nSPS) is 15.9. The predicted octanol–water partition coefficient (Wildman–Crippen LogP) is 2.18. The number of halogens is 1. The highest BCUT2D eigenvalue weighted by atomic mass is 35.5. The molecule has 37 heavy (non-hydrogen) atoms. The van der Waals surface area contributed by atoms with Crippen LogP contribution in [-0.2, 0) is 24.2 Å². The van der Waals surface area contributed by atoms with Crippen LogP contribution in [0.5, 0.6) is 17.2 Å². The second-order valence-electron chi connectivity index (χ2n) is 8.18. The average molecular weight is 555 g/mol. The second-order valence-corrected chi connectivity index (χ2v) is 10.8. The van der Waals surface area contributed by atoms with E-state index in [0.29, 0.717) is 22.9 Å². The third kappa shape index (κ3) is 7.49. The van der Waals surface area contributed by atoms with Crippen LogP contribution in [-0.4, -0.2) is 83.1 Å². The summed E-state index contributed by atoms with van der Waals surface area (Å²) in [6.07, 6.45) is 0.349. The van der Waals surface area contributed by atoms with Gasteiger partial charge in [-0.05, 0) is 42.8 Å². The van der Waals surface area contributed by atoms with E-state index in [9.17, 15) is 22.8 Å². The first-order valence-electron chi connectivity index (χ1n) is 11.1. The molecule has 13 heteroatoms. The minimum atomic E-state index is -3.15. The topological polar surface area (TPSA) is 138 Å². The SMILES string of the molecule is COc1ccc(Cl)cc1NC(=O)COc1ccc(C(=O)OCC(=O)N(C)[C@@H]2CCS(=O)(=O)C2)cc1OC. The second kappa shape index (κ2) is 12.2. The number of esters is 1. The van der Waals surface area contributed by atoms with Gasteiger partial charge in [-0.15, -0.1) is 0 Å². The molecule has 1 aliphatic rings. The lowest BCUT2D eigenvalue weighted by atomic mass is 10.2. The molecule has 2 amide bonds. The first kappa shape index (κ1) is 28.1. The van der Waals surface area contributed by atoms with Crippen molar-refractivity contribution in [1.82, 2.24) is 4.90 Å². The highest BCUT2D eigenvalue weighted by Gasteiger charge is 2.33. The van der Waals surface area contributed by atoms with E-state index < -0.39 is 40.3 Å². The molecule has 1 atom stereocenters. The maximum Gasteiger partial charge on any atom is 0.338 e. The van der Waals surface area contributed by atoms with Crippen molar-refractivity contribution in [3.05, 3.63) is 47.0 Å². The van der Waals surface area contributed by atoms with Crippen molar-refractivity contribution < 1.29 is 41.7 Å². The van der Waals surface area contributed by atoms with Crippen molar-refractivity contribution in [2.75, 3.05) is 51.3 Å². The molecule has 0 aliphatic carbocycles. The van der Waals surface area contributed by atoms with Gasteiger partial charge < -0.3 is 29.2 Å². The molecule has 11 nitrogen and oxygen atoms in total. The number of hydrogen-bond donors (Lipinski definition) is 1. The number of methoxy groups -OCH3 is 2. The number of nitrogens with one attached hydrogen (secondary N) is 1. The van der Waals surface area contributed by atoms with Crippen molar-refractivity contribution in [3.63, 3.8) is 0 Å². The molecular weight excluding hydrogens is 528 g/mol. The first-order chi connectivity index (χ1) is 17.5. The zero-order valence-electron chi connectivity index (χ0n) is 20.5. The van der Waals surface area contributed by atoms with Crippen molar-refractivity contribution in [3.8, 4) is 17.2 Å².